The smallest absolute Gasteiger partial charge is 0.258 e. The Morgan fingerprint density at radius 2 is 2.09 bits per heavy atom. The summed E-state index contributed by atoms with van der Waals surface area (Å²) in [6.07, 6.45) is 0. The van der Waals surface area contributed by atoms with Crippen LogP contribution in [0.5, 0.6) is 0 Å². The fourth-order valence-corrected chi connectivity index (χ4v) is 1.11. The molecule has 5 nitrogen and oxygen atoms in total. The average molecular weight is 181 g/mol. The third-order valence-electron chi connectivity index (χ3n) is 1.01. The second-order valence-electron chi connectivity index (χ2n) is 1.91. The number of hydrogen-bond donors (Lipinski definition) is 1. The Balaban J connectivity index is 3.95. The zero-order chi connectivity index (χ0) is 8.91. The summed E-state index contributed by atoms with van der Waals surface area (Å²) in [5, 5.41) is 0. The lowest BCUT2D eigenvalue weighted by Crippen LogP contribution is -2.29. The molecule has 0 saturated heterocycles. The molecule has 1 N–H and O–H groups in total. The minimum atomic E-state index is -3.23. The number of carbonyl (C=O) groups is 1. The van der Waals surface area contributed by atoms with E-state index in [4.69, 9.17) is 0 Å². The van der Waals surface area contributed by atoms with Gasteiger partial charge in [-0.15, -0.1) is 0 Å². The van der Waals surface area contributed by atoms with Crippen LogP contribution in [-0.2, 0) is 19.5 Å². The van der Waals surface area contributed by atoms with Crippen LogP contribution in [0.1, 0.15) is 6.92 Å². The normalized spacial score (nSPS) is 11.1. The molecule has 1 amide bonds. The van der Waals surface area contributed by atoms with Gasteiger partial charge in [-0.05, 0) is 0 Å². The molecule has 66 valence electrons. The molecule has 0 unspecified atom stereocenters. The molecule has 0 heterocycles. The first-order valence-corrected chi connectivity index (χ1v) is 4.86. The van der Waals surface area contributed by atoms with E-state index in [1.165, 1.54) is 14.0 Å². The Kier molecular flexibility index (Phi) is 4.06. The third kappa shape index (κ3) is 4.74. The molecule has 0 radical (unpaired) electrons. The third-order valence-corrected chi connectivity index (χ3v) is 2.59. The zero-order valence-corrected chi connectivity index (χ0v) is 7.27. The maximum Gasteiger partial charge on any atom is 0.258 e. The van der Waals surface area contributed by atoms with E-state index < -0.39 is 21.5 Å². The summed E-state index contributed by atoms with van der Waals surface area (Å²) in [6.45, 7) is 1.48. The molecule has 0 atom stereocenters. The van der Waals surface area contributed by atoms with E-state index >= 15 is 0 Å². The van der Waals surface area contributed by atoms with E-state index in [1.807, 2.05) is 5.48 Å². The second-order valence-corrected chi connectivity index (χ2v) is 4.26. The van der Waals surface area contributed by atoms with Gasteiger partial charge >= 0.3 is 0 Å². The molecule has 0 aliphatic heterocycles. The highest BCUT2D eigenvalue weighted by molar-refractivity contribution is 7.92. The SMILES string of the molecule is CCS(=O)(=O)CC(=O)NOC. The Hall–Kier alpha value is -0.620. The van der Waals surface area contributed by atoms with Crippen molar-refractivity contribution in [3.63, 3.8) is 0 Å². The summed E-state index contributed by atoms with van der Waals surface area (Å²) in [6, 6.07) is 0. The fourth-order valence-electron chi connectivity index (χ4n) is 0.445. The van der Waals surface area contributed by atoms with Gasteiger partial charge in [0.2, 0.25) is 0 Å². The molecule has 0 saturated carbocycles. The molecular weight excluding hydrogens is 170 g/mol. The Morgan fingerprint density at radius 3 is 2.45 bits per heavy atom. The number of sulfone groups is 1. The van der Waals surface area contributed by atoms with Gasteiger partial charge in [0, 0.05) is 5.75 Å². The Bertz CT molecular complexity index is 221. The van der Waals surface area contributed by atoms with Crippen LogP contribution in [0.15, 0.2) is 0 Å². The van der Waals surface area contributed by atoms with Crippen molar-refractivity contribution in [3.05, 3.63) is 0 Å². The van der Waals surface area contributed by atoms with Gasteiger partial charge in [0.05, 0.1) is 7.11 Å². The predicted octanol–water partition coefficient (Wildman–Crippen LogP) is -0.901. The first kappa shape index (κ1) is 10.4. The van der Waals surface area contributed by atoms with E-state index in [1.54, 1.807) is 0 Å². The maximum atomic E-state index is 10.8. The van der Waals surface area contributed by atoms with Gasteiger partial charge in [-0.25, -0.2) is 13.9 Å². The lowest BCUT2D eigenvalue weighted by molar-refractivity contribution is -0.128. The number of nitrogens with one attached hydrogen (secondary N) is 1. The van der Waals surface area contributed by atoms with Crippen LogP contribution >= 0.6 is 0 Å². The summed E-state index contributed by atoms with van der Waals surface area (Å²) in [5.74, 6) is -1.20. The van der Waals surface area contributed by atoms with Gasteiger partial charge < -0.3 is 0 Å². The minimum Gasteiger partial charge on any atom is -0.277 e. The monoisotopic (exact) mass is 181 g/mol. The van der Waals surface area contributed by atoms with Crippen molar-refractivity contribution in [2.24, 2.45) is 0 Å². The van der Waals surface area contributed by atoms with Gasteiger partial charge in [-0.3, -0.25) is 9.63 Å². The molecule has 0 rings (SSSR count). The second kappa shape index (κ2) is 4.30. The number of carbonyl (C=O) groups excluding carboxylic acids is 1. The zero-order valence-electron chi connectivity index (χ0n) is 6.46. The predicted molar refractivity (Wildman–Crippen MR) is 39.5 cm³/mol. The average Bonchev–Trinajstić information content (AvgIpc) is 1.87. The topological polar surface area (TPSA) is 72.5 Å². The van der Waals surface area contributed by atoms with Crippen molar-refractivity contribution in [2.75, 3.05) is 18.6 Å². The summed E-state index contributed by atoms with van der Waals surface area (Å²) >= 11 is 0. The number of amides is 1. The van der Waals surface area contributed by atoms with Crippen LogP contribution in [0.4, 0.5) is 0 Å². The van der Waals surface area contributed by atoms with Gasteiger partial charge in [-0.2, -0.15) is 0 Å². The lowest BCUT2D eigenvalue weighted by atomic mass is 10.8. The largest absolute Gasteiger partial charge is 0.277 e. The molecular formula is C5H11NO4S. The van der Waals surface area contributed by atoms with Gasteiger partial charge in [0.15, 0.2) is 9.84 Å². The Morgan fingerprint density at radius 1 is 1.55 bits per heavy atom. The molecule has 0 aromatic heterocycles. The van der Waals surface area contributed by atoms with E-state index in [9.17, 15) is 13.2 Å². The van der Waals surface area contributed by atoms with Crippen molar-refractivity contribution < 1.29 is 18.0 Å². The van der Waals surface area contributed by atoms with Gasteiger partial charge in [0.1, 0.15) is 5.75 Å². The highest BCUT2D eigenvalue weighted by Gasteiger charge is 2.13. The molecule has 6 heteroatoms. The highest BCUT2D eigenvalue weighted by Crippen LogP contribution is 1.87. The lowest BCUT2D eigenvalue weighted by Gasteiger charge is -2.00. The van der Waals surface area contributed by atoms with E-state index in [0.717, 1.165) is 0 Å². The number of hydrogen-bond acceptors (Lipinski definition) is 4. The molecule has 0 aromatic carbocycles. The summed E-state index contributed by atoms with van der Waals surface area (Å²) < 4.78 is 21.5. The van der Waals surface area contributed by atoms with Crippen LogP contribution in [0.25, 0.3) is 0 Å². The van der Waals surface area contributed by atoms with Crippen molar-refractivity contribution in [2.45, 2.75) is 6.92 Å². The first-order valence-electron chi connectivity index (χ1n) is 3.04. The number of rotatable bonds is 4. The standard InChI is InChI=1S/C5H11NO4S/c1-3-11(8,9)4-5(7)6-10-2/h3-4H2,1-2H3,(H,6,7). The van der Waals surface area contributed by atoms with E-state index in [-0.39, 0.29) is 5.75 Å². The van der Waals surface area contributed by atoms with Crippen LogP contribution in [0.2, 0.25) is 0 Å². The first-order chi connectivity index (χ1) is 5.02. The molecule has 0 spiro atoms. The van der Waals surface area contributed by atoms with Crippen LogP contribution in [0.3, 0.4) is 0 Å². The Labute approximate surface area is 65.6 Å². The quantitative estimate of drug-likeness (QED) is 0.570. The van der Waals surface area contributed by atoms with E-state index in [0.29, 0.717) is 0 Å². The minimum absolute atomic E-state index is 0.0376. The molecule has 0 aliphatic rings. The van der Waals surface area contributed by atoms with Crippen molar-refractivity contribution in [3.8, 4) is 0 Å². The molecule has 11 heavy (non-hydrogen) atoms. The molecule has 0 bridgehead atoms. The van der Waals surface area contributed by atoms with Crippen molar-refractivity contribution in [1.29, 1.82) is 0 Å². The van der Waals surface area contributed by atoms with Crippen LogP contribution in [0, 0.1) is 0 Å². The van der Waals surface area contributed by atoms with Crippen LogP contribution < -0.4 is 5.48 Å². The van der Waals surface area contributed by atoms with Crippen molar-refractivity contribution in [1.82, 2.24) is 5.48 Å². The molecule has 0 fully saturated rings. The molecule has 0 aliphatic carbocycles. The fraction of sp³-hybridized carbons (Fsp3) is 0.800. The van der Waals surface area contributed by atoms with Gasteiger partial charge in [-0.1, -0.05) is 6.92 Å². The molecule has 0 aromatic rings. The van der Waals surface area contributed by atoms with E-state index in [2.05, 4.69) is 4.84 Å². The maximum absolute atomic E-state index is 10.8. The summed E-state index contributed by atoms with van der Waals surface area (Å²) in [5.41, 5.74) is 1.92. The van der Waals surface area contributed by atoms with Crippen LogP contribution in [-0.4, -0.2) is 32.9 Å². The van der Waals surface area contributed by atoms with Gasteiger partial charge in [0.25, 0.3) is 5.91 Å². The number of hydroxylamine groups is 1. The highest BCUT2D eigenvalue weighted by atomic mass is 32.2. The summed E-state index contributed by atoms with van der Waals surface area (Å²) in [4.78, 5) is 14.8. The van der Waals surface area contributed by atoms with Crippen molar-refractivity contribution >= 4 is 15.7 Å². The summed E-state index contributed by atoms with van der Waals surface area (Å²) in [7, 11) is -1.99.